The number of benzene rings is 1. The number of halogens is 3. The number of morpholine rings is 1. The number of hydrogen-bond acceptors (Lipinski definition) is 8. The molecule has 0 saturated carbocycles. The Morgan fingerprint density at radius 3 is 2.73 bits per heavy atom. The topological polar surface area (TPSA) is 112 Å². The lowest BCUT2D eigenvalue weighted by atomic mass is 10.2. The van der Waals surface area contributed by atoms with Crippen molar-refractivity contribution in [1.82, 2.24) is 29.3 Å². The van der Waals surface area contributed by atoms with Gasteiger partial charge in [0.2, 0.25) is 5.95 Å². The van der Waals surface area contributed by atoms with E-state index in [1.54, 1.807) is 16.7 Å². The van der Waals surface area contributed by atoms with E-state index in [1.165, 1.54) is 24.8 Å². The van der Waals surface area contributed by atoms with Gasteiger partial charge in [-0.15, -0.1) is 0 Å². The minimum atomic E-state index is -2.76. The second-order valence-electron chi connectivity index (χ2n) is 7.42. The lowest BCUT2D eigenvalue weighted by molar-refractivity contribution is 0.0566. The van der Waals surface area contributed by atoms with Gasteiger partial charge in [-0.2, -0.15) is 23.8 Å². The average molecular weight is 459 g/mol. The minimum Gasteiger partial charge on any atom is -0.399 e. The molecular formula is C20H20F3N9O. The molecule has 10 nitrogen and oxygen atoms in total. The Balaban J connectivity index is 1.55. The Hall–Kier alpha value is -3.87. The summed E-state index contributed by atoms with van der Waals surface area (Å²) in [5.74, 6) is 0.373. The highest BCUT2D eigenvalue weighted by atomic mass is 19.3. The van der Waals surface area contributed by atoms with Crippen LogP contribution in [0.1, 0.15) is 12.1 Å². The fourth-order valence-corrected chi connectivity index (χ4v) is 3.55. The normalized spacial score (nSPS) is 14.4. The monoisotopic (exact) mass is 459 g/mol. The second-order valence-corrected chi connectivity index (χ2v) is 7.42. The maximum Gasteiger partial charge on any atom is 0.333 e. The van der Waals surface area contributed by atoms with Gasteiger partial charge in [0.15, 0.2) is 17.0 Å². The largest absolute Gasteiger partial charge is 0.399 e. The number of hydrogen-bond donors (Lipinski definition) is 2. The van der Waals surface area contributed by atoms with Gasteiger partial charge in [0, 0.05) is 30.9 Å². The van der Waals surface area contributed by atoms with Crippen LogP contribution in [0, 0.1) is 5.82 Å². The zero-order chi connectivity index (χ0) is 22.9. The molecule has 4 aromatic rings. The third-order valence-electron chi connectivity index (χ3n) is 5.27. The van der Waals surface area contributed by atoms with Crippen LogP contribution in [-0.2, 0) is 11.3 Å². The number of rotatable bonds is 6. The van der Waals surface area contributed by atoms with Crippen LogP contribution >= 0.6 is 0 Å². The van der Waals surface area contributed by atoms with E-state index >= 15 is 0 Å². The van der Waals surface area contributed by atoms with Crippen molar-refractivity contribution in [3.8, 4) is 5.69 Å². The number of aromatic nitrogens is 6. The lowest BCUT2D eigenvalue weighted by Crippen LogP contribution is -2.37. The Bertz CT molecular complexity index is 1280. The van der Waals surface area contributed by atoms with Crippen molar-refractivity contribution in [3.05, 3.63) is 48.3 Å². The van der Waals surface area contributed by atoms with Gasteiger partial charge in [0.05, 0.1) is 31.3 Å². The maximum absolute atomic E-state index is 14.3. The van der Waals surface area contributed by atoms with Gasteiger partial charge in [-0.05, 0) is 12.1 Å². The van der Waals surface area contributed by atoms with E-state index in [0.717, 1.165) is 0 Å². The third kappa shape index (κ3) is 4.14. The van der Waals surface area contributed by atoms with Crippen LogP contribution < -0.4 is 16.0 Å². The summed E-state index contributed by atoms with van der Waals surface area (Å²) in [6.07, 6.45) is 3.98. The minimum absolute atomic E-state index is 0.136. The van der Waals surface area contributed by atoms with Crippen molar-refractivity contribution in [2.45, 2.75) is 13.1 Å². The van der Waals surface area contributed by atoms with Crippen LogP contribution in [0.2, 0.25) is 0 Å². The quantitative estimate of drug-likeness (QED) is 0.423. The Morgan fingerprint density at radius 2 is 2.00 bits per heavy atom. The van der Waals surface area contributed by atoms with Crippen LogP contribution in [0.15, 0.2) is 36.9 Å². The lowest BCUT2D eigenvalue weighted by Gasteiger charge is -2.27. The van der Waals surface area contributed by atoms with Crippen LogP contribution in [-0.4, -0.2) is 55.6 Å². The van der Waals surface area contributed by atoms with Gasteiger partial charge in [-0.3, -0.25) is 4.57 Å². The number of nitrogens with one attached hydrogen (secondary N) is 1. The number of nitrogen functional groups attached to an aromatic ring is 1. The molecule has 0 spiro atoms. The average Bonchev–Trinajstić information content (AvgIpc) is 3.46. The summed E-state index contributed by atoms with van der Waals surface area (Å²) < 4.78 is 47.8. The van der Waals surface area contributed by atoms with E-state index in [2.05, 4.69) is 25.4 Å². The van der Waals surface area contributed by atoms with E-state index in [9.17, 15) is 13.2 Å². The second kappa shape index (κ2) is 8.58. The Labute approximate surface area is 185 Å². The molecule has 0 bridgehead atoms. The first kappa shape index (κ1) is 21.0. The molecule has 33 heavy (non-hydrogen) atoms. The molecule has 1 aliphatic rings. The molecule has 5 rings (SSSR count). The molecule has 1 fully saturated rings. The molecule has 1 saturated heterocycles. The van der Waals surface area contributed by atoms with Crippen molar-refractivity contribution >= 4 is 28.6 Å². The highest BCUT2D eigenvalue weighted by Crippen LogP contribution is 2.26. The molecular weight excluding hydrogens is 439 g/mol. The van der Waals surface area contributed by atoms with E-state index in [4.69, 9.17) is 10.5 Å². The first-order valence-electron chi connectivity index (χ1n) is 10.2. The molecule has 3 N–H and O–H groups in total. The maximum atomic E-state index is 14.3. The summed E-state index contributed by atoms with van der Waals surface area (Å²) >= 11 is 0. The van der Waals surface area contributed by atoms with Crippen LogP contribution in [0.3, 0.4) is 0 Å². The molecule has 0 atom stereocenters. The highest BCUT2D eigenvalue weighted by molar-refractivity contribution is 5.85. The predicted octanol–water partition coefficient (Wildman–Crippen LogP) is 2.58. The zero-order valence-corrected chi connectivity index (χ0v) is 17.3. The first-order valence-corrected chi connectivity index (χ1v) is 10.2. The fraction of sp³-hybridized carbons (Fsp3) is 0.300. The number of imidazole rings is 1. The van der Waals surface area contributed by atoms with E-state index in [-0.39, 0.29) is 6.54 Å². The van der Waals surface area contributed by atoms with Gasteiger partial charge in [-0.25, -0.2) is 14.1 Å². The third-order valence-corrected chi connectivity index (χ3v) is 5.27. The Morgan fingerprint density at radius 1 is 1.18 bits per heavy atom. The predicted molar refractivity (Wildman–Crippen MR) is 115 cm³/mol. The van der Waals surface area contributed by atoms with Gasteiger partial charge >= 0.3 is 6.55 Å². The van der Waals surface area contributed by atoms with E-state index in [0.29, 0.717) is 70.9 Å². The fourth-order valence-electron chi connectivity index (χ4n) is 3.55. The summed E-state index contributed by atoms with van der Waals surface area (Å²) in [6, 6.07) is 4.46. The summed E-state index contributed by atoms with van der Waals surface area (Å²) in [6.45, 7) is -0.386. The molecule has 13 heteroatoms. The van der Waals surface area contributed by atoms with Crippen LogP contribution in [0.4, 0.5) is 30.6 Å². The molecule has 4 heterocycles. The standard InChI is InChI=1S/C20H20F3N9O/c21-15-7-13(24)2-1-12(15)8-25-17-16-18(29-20(28-17)30-3-5-33-6-4-30)31(11-26-16)14-9-27-32(10-14)19(22)23/h1-2,7,9-11,19H,3-6,8,24H2,(H,25,28,29). The van der Waals surface area contributed by atoms with Crippen LogP contribution in [0.25, 0.3) is 16.9 Å². The number of anilines is 3. The number of ether oxygens (including phenoxy) is 1. The van der Waals surface area contributed by atoms with Crippen molar-refractivity contribution < 1.29 is 17.9 Å². The summed E-state index contributed by atoms with van der Waals surface area (Å²) in [7, 11) is 0. The van der Waals surface area contributed by atoms with Gasteiger partial charge in [0.25, 0.3) is 0 Å². The van der Waals surface area contributed by atoms with Gasteiger partial charge in [0.1, 0.15) is 12.1 Å². The number of nitrogens with two attached hydrogens (primary N) is 1. The molecule has 0 radical (unpaired) electrons. The highest BCUT2D eigenvalue weighted by Gasteiger charge is 2.21. The smallest absolute Gasteiger partial charge is 0.333 e. The molecule has 172 valence electrons. The number of nitrogens with zero attached hydrogens (tertiary/aromatic N) is 7. The first-order chi connectivity index (χ1) is 16.0. The van der Waals surface area contributed by atoms with Crippen LogP contribution in [0.5, 0.6) is 0 Å². The van der Waals surface area contributed by atoms with E-state index in [1.807, 2.05) is 4.90 Å². The summed E-state index contributed by atoms with van der Waals surface area (Å²) in [5.41, 5.74) is 7.55. The van der Waals surface area contributed by atoms with Crippen molar-refractivity contribution in [2.24, 2.45) is 0 Å². The number of alkyl halides is 2. The van der Waals surface area contributed by atoms with Crippen molar-refractivity contribution in [1.29, 1.82) is 0 Å². The van der Waals surface area contributed by atoms with Gasteiger partial charge < -0.3 is 20.7 Å². The summed E-state index contributed by atoms with van der Waals surface area (Å²) in [4.78, 5) is 15.6. The molecule has 3 aromatic heterocycles. The molecule has 0 unspecified atom stereocenters. The molecule has 0 aliphatic carbocycles. The number of fused-ring (bicyclic) bond motifs is 1. The van der Waals surface area contributed by atoms with E-state index < -0.39 is 12.4 Å². The summed E-state index contributed by atoms with van der Waals surface area (Å²) in [5, 5.41) is 6.81. The van der Waals surface area contributed by atoms with Crippen molar-refractivity contribution in [3.63, 3.8) is 0 Å². The SMILES string of the molecule is Nc1ccc(CNc2nc(N3CCOCC3)nc3c2ncn3-c2cnn(C(F)F)c2)c(F)c1. The van der Waals surface area contributed by atoms with Crippen molar-refractivity contribution in [2.75, 3.05) is 42.3 Å². The molecule has 0 amide bonds. The van der Waals surface area contributed by atoms with Gasteiger partial charge in [-0.1, -0.05) is 6.07 Å². The molecule has 1 aromatic carbocycles. The Kier molecular flexibility index (Phi) is 5.46. The zero-order valence-electron chi connectivity index (χ0n) is 17.3. The molecule has 1 aliphatic heterocycles.